The van der Waals surface area contributed by atoms with Gasteiger partial charge in [0.2, 0.25) is 0 Å². The molecule has 6 heteroatoms. The number of rotatable bonds is 6. The standard InChI is InChI=1S/C16H21N3O3/c1-4-14-12(10-19(2)18-14)9-17-16(21)15(20)11-6-5-7-13(8-11)22-3/h5-8,10,15,20H,4,9H2,1-3H3,(H,17,21). The largest absolute Gasteiger partial charge is 0.497 e. The molecule has 1 unspecified atom stereocenters. The molecule has 0 bridgehead atoms. The normalized spacial score (nSPS) is 12.0. The van der Waals surface area contributed by atoms with E-state index in [2.05, 4.69) is 10.4 Å². The van der Waals surface area contributed by atoms with Crippen LogP contribution in [0.5, 0.6) is 5.75 Å². The number of aryl methyl sites for hydroxylation is 2. The minimum Gasteiger partial charge on any atom is -0.497 e. The van der Waals surface area contributed by atoms with Crippen LogP contribution in [0.15, 0.2) is 30.5 Å². The van der Waals surface area contributed by atoms with E-state index in [1.807, 2.05) is 20.2 Å². The van der Waals surface area contributed by atoms with E-state index in [0.29, 0.717) is 17.9 Å². The monoisotopic (exact) mass is 303 g/mol. The van der Waals surface area contributed by atoms with Gasteiger partial charge in [-0.3, -0.25) is 9.48 Å². The Morgan fingerprint density at radius 1 is 1.50 bits per heavy atom. The number of hydrogen-bond acceptors (Lipinski definition) is 4. The molecule has 0 fully saturated rings. The average Bonchev–Trinajstić information content (AvgIpc) is 2.91. The number of ether oxygens (including phenoxy) is 1. The van der Waals surface area contributed by atoms with Crippen LogP contribution in [0.25, 0.3) is 0 Å². The maximum absolute atomic E-state index is 12.1. The number of aliphatic hydroxyl groups is 1. The number of aromatic nitrogens is 2. The van der Waals surface area contributed by atoms with Crippen molar-refractivity contribution in [3.05, 3.63) is 47.3 Å². The van der Waals surface area contributed by atoms with Gasteiger partial charge in [0.05, 0.1) is 12.8 Å². The van der Waals surface area contributed by atoms with E-state index in [1.165, 1.54) is 0 Å². The van der Waals surface area contributed by atoms with E-state index >= 15 is 0 Å². The molecule has 0 radical (unpaired) electrons. The minimum atomic E-state index is -1.23. The number of methoxy groups -OCH3 is 1. The van der Waals surface area contributed by atoms with Crippen molar-refractivity contribution in [2.24, 2.45) is 7.05 Å². The van der Waals surface area contributed by atoms with Crippen LogP contribution in [-0.2, 0) is 24.8 Å². The second-order valence-corrected chi connectivity index (χ2v) is 5.03. The molecule has 2 aromatic rings. The van der Waals surface area contributed by atoms with E-state index in [0.717, 1.165) is 17.7 Å². The Labute approximate surface area is 129 Å². The molecule has 0 aliphatic carbocycles. The average molecular weight is 303 g/mol. The molecule has 2 N–H and O–H groups in total. The lowest BCUT2D eigenvalue weighted by molar-refractivity contribution is -0.129. The first-order valence-electron chi connectivity index (χ1n) is 7.16. The zero-order valence-corrected chi connectivity index (χ0v) is 13.0. The molecule has 1 amide bonds. The second kappa shape index (κ2) is 7.09. The third kappa shape index (κ3) is 3.65. The van der Waals surface area contributed by atoms with Gasteiger partial charge < -0.3 is 15.2 Å². The highest BCUT2D eigenvalue weighted by molar-refractivity contribution is 5.82. The molecule has 22 heavy (non-hydrogen) atoms. The molecule has 118 valence electrons. The molecule has 0 spiro atoms. The topological polar surface area (TPSA) is 76.4 Å². The Morgan fingerprint density at radius 2 is 2.27 bits per heavy atom. The minimum absolute atomic E-state index is 0.344. The Hall–Kier alpha value is -2.34. The summed E-state index contributed by atoms with van der Waals surface area (Å²) in [5.74, 6) is 0.157. The molecule has 0 aliphatic heterocycles. The Bertz CT molecular complexity index is 652. The lowest BCUT2D eigenvalue weighted by atomic mass is 10.1. The van der Waals surface area contributed by atoms with Gasteiger partial charge in [-0.25, -0.2) is 0 Å². The third-order valence-corrected chi connectivity index (χ3v) is 3.44. The van der Waals surface area contributed by atoms with Crippen LogP contribution in [0.4, 0.5) is 0 Å². The van der Waals surface area contributed by atoms with Crippen molar-refractivity contribution < 1.29 is 14.6 Å². The third-order valence-electron chi connectivity index (χ3n) is 3.44. The van der Waals surface area contributed by atoms with Gasteiger partial charge in [0.15, 0.2) is 6.10 Å². The van der Waals surface area contributed by atoms with Crippen LogP contribution >= 0.6 is 0 Å². The van der Waals surface area contributed by atoms with E-state index in [9.17, 15) is 9.90 Å². The summed E-state index contributed by atoms with van der Waals surface area (Å²) < 4.78 is 6.81. The van der Waals surface area contributed by atoms with E-state index in [4.69, 9.17) is 4.74 Å². The molecule has 0 saturated heterocycles. The number of aliphatic hydroxyl groups excluding tert-OH is 1. The summed E-state index contributed by atoms with van der Waals surface area (Å²) in [6, 6.07) is 6.83. The number of amides is 1. The van der Waals surface area contributed by atoms with E-state index < -0.39 is 12.0 Å². The van der Waals surface area contributed by atoms with Gasteiger partial charge in [-0.2, -0.15) is 5.10 Å². The maximum atomic E-state index is 12.1. The first-order valence-corrected chi connectivity index (χ1v) is 7.16. The Morgan fingerprint density at radius 3 is 2.95 bits per heavy atom. The van der Waals surface area contributed by atoms with Crippen LogP contribution < -0.4 is 10.1 Å². The first-order chi connectivity index (χ1) is 10.5. The molecule has 1 heterocycles. The summed E-state index contributed by atoms with van der Waals surface area (Å²) in [6.45, 7) is 2.36. The van der Waals surface area contributed by atoms with E-state index in [1.54, 1.807) is 36.1 Å². The fourth-order valence-electron chi connectivity index (χ4n) is 2.27. The molecule has 0 saturated carbocycles. The van der Waals surface area contributed by atoms with Gasteiger partial charge in [0, 0.05) is 25.4 Å². The van der Waals surface area contributed by atoms with Crippen molar-refractivity contribution in [1.29, 1.82) is 0 Å². The smallest absolute Gasteiger partial charge is 0.253 e. The molecular weight excluding hydrogens is 282 g/mol. The van der Waals surface area contributed by atoms with Gasteiger partial charge in [-0.15, -0.1) is 0 Å². The zero-order chi connectivity index (χ0) is 16.1. The van der Waals surface area contributed by atoms with Crippen molar-refractivity contribution in [1.82, 2.24) is 15.1 Å². The summed E-state index contributed by atoms with van der Waals surface area (Å²) in [5, 5.41) is 17.2. The number of benzene rings is 1. The lowest BCUT2D eigenvalue weighted by Crippen LogP contribution is -2.29. The number of hydrogen-bond donors (Lipinski definition) is 2. The SMILES string of the molecule is CCc1nn(C)cc1CNC(=O)C(O)c1cccc(OC)c1. The van der Waals surface area contributed by atoms with Crippen LogP contribution in [0.2, 0.25) is 0 Å². The highest BCUT2D eigenvalue weighted by Crippen LogP contribution is 2.19. The predicted molar refractivity (Wildman–Crippen MR) is 82.4 cm³/mol. The maximum Gasteiger partial charge on any atom is 0.253 e. The van der Waals surface area contributed by atoms with Crippen molar-refractivity contribution in [2.75, 3.05) is 7.11 Å². The molecule has 6 nitrogen and oxygen atoms in total. The second-order valence-electron chi connectivity index (χ2n) is 5.03. The van der Waals surface area contributed by atoms with Crippen molar-refractivity contribution >= 4 is 5.91 Å². The summed E-state index contributed by atoms with van der Waals surface area (Å²) >= 11 is 0. The Balaban J connectivity index is 2.01. The molecule has 1 aromatic carbocycles. The number of nitrogens with zero attached hydrogens (tertiary/aromatic N) is 2. The van der Waals surface area contributed by atoms with Crippen LogP contribution in [0.1, 0.15) is 29.8 Å². The molecule has 2 rings (SSSR count). The summed E-state index contributed by atoms with van der Waals surface area (Å²) in [6.07, 6.45) is 1.44. The number of carbonyl (C=O) groups excluding carboxylic acids is 1. The highest BCUT2D eigenvalue weighted by atomic mass is 16.5. The summed E-state index contributed by atoms with van der Waals surface area (Å²) in [4.78, 5) is 12.1. The van der Waals surface area contributed by atoms with E-state index in [-0.39, 0.29) is 0 Å². The summed E-state index contributed by atoms with van der Waals surface area (Å²) in [7, 11) is 3.38. The first kappa shape index (κ1) is 16.0. The summed E-state index contributed by atoms with van der Waals surface area (Å²) in [5.41, 5.74) is 2.40. The fourth-order valence-corrected chi connectivity index (χ4v) is 2.27. The van der Waals surface area contributed by atoms with Crippen LogP contribution in [-0.4, -0.2) is 27.9 Å². The fraction of sp³-hybridized carbons (Fsp3) is 0.375. The highest BCUT2D eigenvalue weighted by Gasteiger charge is 2.18. The predicted octanol–water partition coefficient (Wildman–Crippen LogP) is 1.34. The number of nitrogens with one attached hydrogen (secondary N) is 1. The zero-order valence-electron chi connectivity index (χ0n) is 13.0. The van der Waals surface area contributed by atoms with Gasteiger partial charge in [0.25, 0.3) is 5.91 Å². The Kier molecular flexibility index (Phi) is 5.16. The molecular formula is C16H21N3O3. The van der Waals surface area contributed by atoms with Gasteiger partial charge in [-0.05, 0) is 24.1 Å². The van der Waals surface area contributed by atoms with Gasteiger partial charge in [-0.1, -0.05) is 19.1 Å². The van der Waals surface area contributed by atoms with Crippen molar-refractivity contribution in [2.45, 2.75) is 26.0 Å². The molecule has 1 atom stereocenters. The quantitative estimate of drug-likeness (QED) is 0.844. The molecule has 1 aromatic heterocycles. The van der Waals surface area contributed by atoms with Crippen LogP contribution in [0.3, 0.4) is 0 Å². The van der Waals surface area contributed by atoms with Crippen LogP contribution in [0, 0.1) is 0 Å². The van der Waals surface area contributed by atoms with Gasteiger partial charge >= 0.3 is 0 Å². The van der Waals surface area contributed by atoms with Crippen molar-refractivity contribution in [3.63, 3.8) is 0 Å². The van der Waals surface area contributed by atoms with Gasteiger partial charge in [0.1, 0.15) is 5.75 Å². The molecule has 0 aliphatic rings. The number of carbonyl (C=O) groups is 1. The lowest BCUT2D eigenvalue weighted by Gasteiger charge is -2.12. The van der Waals surface area contributed by atoms with Crippen molar-refractivity contribution in [3.8, 4) is 5.75 Å².